The SMILES string of the molecule is Nc1ccccc1C(=O)NC(=O)N/C=C/c1ccccc1Cl. The number of nitrogen functional groups attached to an aromatic ring is 1. The molecule has 0 spiro atoms. The normalized spacial score (nSPS) is 10.4. The zero-order valence-corrected chi connectivity index (χ0v) is 12.3. The molecule has 0 saturated heterocycles. The number of rotatable bonds is 3. The molecule has 0 bridgehead atoms. The fraction of sp³-hybridized carbons (Fsp3) is 0. The second-order valence-corrected chi connectivity index (χ2v) is 4.78. The van der Waals surface area contributed by atoms with Gasteiger partial charge in [-0.25, -0.2) is 4.79 Å². The summed E-state index contributed by atoms with van der Waals surface area (Å²) in [4.78, 5) is 23.5. The van der Waals surface area contributed by atoms with Crippen LogP contribution in [0.15, 0.2) is 54.7 Å². The van der Waals surface area contributed by atoms with E-state index in [-0.39, 0.29) is 5.56 Å². The minimum absolute atomic E-state index is 0.243. The third-order valence-corrected chi connectivity index (χ3v) is 3.16. The Morgan fingerprint density at radius 1 is 1.05 bits per heavy atom. The Kier molecular flexibility index (Phi) is 5.16. The molecule has 0 fully saturated rings. The number of hydrogen-bond acceptors (Lipinski definition) is 3. The van der Waals surface area contributed by atoms with E-state index in [1.54, 1.807) is 36.4 Å². The van der Waals surface area contributed by atoms with Gasteiger partial charge < -0.3 is 11.1 Å². The highest BCUT2D eigenvalue weighted by Crippen LogP contribution is 2.15. The van der Waals surface area contributed by atoms with Crippen molar-refractivity contribution in [3.8, 4) is 0 Å². The van der Waals surface area contributed by atoms with Crippen LogP contribution in [0.3, 0.4) is 0 Å². The van der Waals surface area contributed by atoms with Crippen LogP contribution in [-0.4, -0.2) is 11.9 Å². The fourth-order valence-electron chi connectivity index (χ4n) is 1.73. The number of amides is 3. The van der Waals surface area contributed by atoms with Crippen LogP contribution in [0.5, 0.6) is 0 Å². The van der Waals surface area contributed by atoms with E-state index in [9.17, 15) is 9.59 Å². The molecule has 0 aliphatic rings. The van der Waals surface area contributed by atoms with E-state index >= 15 is 0 Å². The van der Waals surface area contributed by atoms with Gasteiger partial charge in [-0.2, -0.15) is 0 Å². The first-order valence-electron chi connectivity index (χ1n) is 6.45. The van der Waals surface area contributed by atoms with E-state index in [0.29, 0.717) is 10.7 Å². The van der Waals surface area contributed by atoms with Crippen molar-refractivity contribution in [2.24, 2.45) is 0 Å². The molecule has 2 rings (SSSR count). The summed E-state index contributed by atoms with van der Waals surface area (Å²) in [6.07, 6.45) is 3.03. The summed E-state index contributed by atoms with van der Waals surface area (Å²) in [5.41, 5.74) is 6.97. The number of nitrogens with one attached hydrogen (secondary N) is 2. The maximum atomic E-state index is 11.9. The Labute approximate surface area is 132 Å². The molecule has 22 heavy (non-hydrogen) atoms. The minimum atomic E-state index is -0.656. The van der Waals surface area contributed by atoms with E-state index in [0.717, 1.165) is 5.56 Å². The molecule has 0 saturated carbocycles. The van der Waals surface area contributed by atoms with Gasteiger partial charge in [-0.05, 0) is 29.8 Å². The monoisotopic (exact) mass is 315 g/mol. The van der Waals surface area contributed by atoms with Gasteiger partial charge in [-0.3, -0.25) is 10.1 Å². The minimum Gasteiger partial charge on any atom is -0.398 e. The third-order valence-electron chi connectivity index (χ3n) is 2.82. The largest absolute Gasteiger partial charge is 0.398 e. The Hall–Kier alpha value is -2.79. The average molecular weight is 316 g/mol. The van der Waals surface area contributed by atoms with Crippen molar-refractivity contribution in [1.82, 2.24) is 10.6 Å². The first-order valence-corrected chi connectivity index (χ1v) is 6.83. The van der Waals surface area contributed by atoms with Gasteiger partial charge in [0.25, 0.3) is 5.91 Å². The van der Waals surface area contributed by atoms with Gasteiger partial charge in [0, 0.05) is 16.9 Å². The predicted octanol–water partition coefficient (Wildman–Crippen LogP) is 3.03. The van der Waals surface area contributed by atoms with E-state index in [1.165, 1.54) is 12.3 Å². The molecule has 0 atom stereocenters. The molecule has 0 heterocycles. The molecule has 0 aliphatic carbocycles. The van der Waals surface area contributed by atoms with E-state index < -0.39 is 11.9 Å². The summed E-state index contributed by atoms with van der Waals surface area (Å²) in [6, 6.07) is 13.0. The number of urea groups is 1. The van der Waals surface area contributed by atoms with Crippen LogP contribution in [0, 0.1) is 0 Å². The second-order valence-electron chi connectivity index (χ2n) is 4.37. The molecule has 0 aliphatic heterocycles. The highest BCUT2D eigenvalue weighted by Gasteiger charge is 2.11. The van der Waals surface area contributed by atoms with Gasteiger partial charge >= 0.3 is 6.03 Å². The third kappa shape index (κ3) is 4.10. The number of carbonyl (C=O) groups is 2. The van der Waals surface area contributed by atoms with Gasteiger partial charge in [-0.1, -0.05) is 41.9 Å². The number of halogens is 1. The van der Waals surface area contributed by atoms with Crippen molar-refractivity contribution in [3.63, 3.8) is 0 Å². The molecule has 0 unspecified atom stereocenters. The van der Waals surface area contributed by atoms with Crippen molar-refractivity contribution < 1.29 is 9.59 Å². The summed E-state index contributed by atoms with van der Waals surface area (Å²) in [5.74, 6) is -0.568. The standard InChI is InChI=1S/C16H14ClN3O2/c17-13-7-3-1-5-11(13)9-10-19-16(22)20-15(21)12-6-2-4-8-14(12)18/h1-10H,18H2,(H2,19,20,21,22)/b10-9+. The molecule has 0 radical (unpaired) electrons. The lowest BCUT2D eigenvalue weighted by Gasteiger charge is -2.05. The fourth-order valence-corrected chi connectivity index (χ4v) is 1.93. The lowest BCUT2D eigenvalue weighted by atomic mass is 10.2. The van der Waals surface area contributed by atoms with Crippen molar-refractivity contribution in [2.45, 2.75) is 0 Å². The molecule has 5 nitrogen and oxygen atoms in total. The summed E-state index contributed by atoms with van der Waals surface area (Å²) in [6.45, 7) is 0. The lowest BCUT2D eigenvalue weighted by molar-refractivity contribution is 0.0965. The van der Waals surface area contributed by atoms with E-state index in [1.807, 2.05) is 12.1 Å². The smallest absolute Gasteiger partial charge is 0.325 e. The van der Waals surface area contributed by atoms with Crippen LogP contribution in [-0.2, 0) is 0 Å². The van der Waals surface area contributed by atoms with Crippen molar-refractivity contribution in [1.29, 1.82) is 0 Å². The molecule has 4 N–H and O–H groups in total. The van der Waals surface area contributed by atoms with E-state index in [4.69, 9.17) is 17.3 Å². The van der Waals surface area contributed by atoms with Gasteiger partial charge in [0.2, 0.25) is 0 Å². The number of nitrogens with two attached hydrogens (primary N) is 1. The first-order chi connectivity index (χ1) is 10.6. The quantitative estimate of drug-likeness (QED) is 0.761. The highest BCUT2D eigenvalue weighted by atomic mass is 35.5. The summed E-state index contributed by atoms with van der Waals surface area (Å²) >= 11 is 5.97. The number of para-hydroxylation sites is 1. The van der Waals surface area contributed by atoms with E-state index in [2.05, 4.69) is 10.6 Å². The summed E-state index contributed by atoms with van der Waals surface area (Å²) in [7, 11) is 0. The van der Waals surface area contributed by atoms with Crippen molar-refractivity contribution >= 4 is 35.3 Å². The van der Waals surface area contributed by atoms with Crippen LogP contribution < -0.4 is 16.4 Å². The lowest BCUT2D eigenvalue weighted by Crippen LogP contribution is -2.37. The zero-order chi connectivity index (χ0) is 15.9. The summed E-state index contributed by atoms with van der Waals surface area (Å²) in [5, 5.41) is 5.18. The molecule has 0 aromatic heterocycles. The number of hydrogen-bond donors (Lipinski definition) is 3. The van der Waals surface area contributed by atoms with Crippen LogP contribution in [0.4, 0.5) is 10.5 Å². The molecule has 3 amide bonds. The van der Waals surface area contributed by atoms with Gasteiger partial charge in [0.05, 0.1) is 5.56 Å². The van der Waals surface area contributed by atoms with Gasteiger partial charge in [-0.15, -0.1) is 0 Å². The maximum absolute atomic E-state index is 11.9. The average Bonchev–Trinajstić information content (AvgIpc) is 2.49. The first kappa shape index (κ1) is 15.6. The van der Waals surface area contributed by atoms with Crippen LogP contribution in [0.25, 0.3) is 6.08 Å². The van der Waals surface area contributed by atoms with Crippen LogP contribution in [0.1, 0.15) is 15.9 Å². The van der Waals surface area contributed by atoms with Gasteiger partial charge in [0.1, 0.15) is 0 Å². The van der Waals surface area contributed by atoms with Crippen LogP contribution in [0.2, 0.25) is 5.02 Å². The topological polar surface area (TPSA) is 84.2 Å². The summed E-state index contributed by atoms with van der Waals surface area (Å²) < 4.78 is 0. The second kappa shape index (κ2) is 7.28. The number of carbonyl (C=O) groups excluding carboxylic acids is 2. The van der Waals surface area contributed by atoms with Crippen molar-refractivity contribution in [3.05, 3.63) is 70.9 Å². The molecule has 2 aromatic carbocycles. The highest BCUT2D eigenvalue weighted by molar-refractivity contribution is 6.32. The Morgan fingerprint density at radius 2 is 1.73 bits per heavy atom. The van der Waals surface area contributed by atoms with Gasteiger partial charge in [0.15, 0.2) is 0 Å². The molecule has 6 heteroatoms. The Balaban J connectivity index is 1.92. The Morgan fingerprint density at radius 3 is 2.45 bits per heavy atom. The zero-order valence-electron chi connectivity index (χ0n) is 11.5. The van der Waals surface area contributed by atoms with Crippen LogP contribution >= 0.6 is 11.6 Å². The molecular weight excluding hydrogens is 302 g/mol. The Bertz CT molecular complexity index is 729. The van der Waals surface area contributed by atoms with Crippen molar-refractivity contribution in [2.75, 3.05) is 5.73 Å². The number of benzene rings is 2. The number of imide groups is 1. The maximum Gasteiger partial charge on any atom is 0.325 e. The number of anilines is 1. The molecular formula is C16H14ClN3O2. The predicted molar refractivity (Wildman–Crippen MR) is 87.3 cm³/mol. The molecule has 112 valence electrons. The molecule has 2 aromatic rings.